The van der Waals surface area contributed by atoms with Crippen LogP contribution in [0, 0.1) is 5.82 Å². The van der Waals surface area contributed by atoms with Gasteiger partial charge in [0.05, 0.1) is 18.3 Å². The Hall–Kier alpha value is -2.89. The molecule has 0 bridgehead atoms. The van der Waals surface area contributed by atoms with Crippen LogP contribution in [0.5, 0.6) is 0 Å². The van der Waals surface area contributed by atoms with E-state index in [1.165, 1.54) is 30.7 Å². The van der Waals surface area contributed by atoms with E-state index in [-0.39, 0.29) is 30.1 Å². The Morgan fingerprint density at radius 3 is 2.42 bits per heavy atom. The van der Waals surface area contributed by atoms with Gasteiger partial charge in [0.2, 0.25) is 11.8 Å². The predicted octanol–water partition coefficient (Wildman–Crippen LogP) is 3.64. The van der Waals surface area contributed by atoms with Crippen LogP contribution < -0.4 is 16.0 Å². The van der Waals surface area contributed by atoms with Gasteiger partial charge in [0.15, 0.2) is 0 Å². The summed E-state index contributed by atoms with van der Waals surface area (Å²) in [6.45, 7) is 5.37. The lowest BCUT2D eigenvalue weighted by atomic mass is 10.1. The molecule has 6 heteroatoms. The molecule has 0 radical (unpaired) electrons. The molecule has 0 fully saturated rings. The number of anilines is 2. The molecule has 138 valence electrons. The molecule has 0 aliphatic heterocycles. The first-order chi connectivity index (χ1) is 12.4. The van der Waals surface area contributed by atoms with Crippen LogP contribution in [0.15, 0.2) is 42.5 Å². The Bertz CT molecular complexity index is 775. The van der Waals surface area contributed by atoms with Crippen LogP contribution in [0.2, 0.25) is 0 Å². The second-order valence-corrected chi connectivity index (χ2v) is 6.11. The van der Waals surface area contributed by atoms with Gasteiger partial charge in [0.1, 0.15) is 5.82 Å². The standard InChI is InChI=1S/C20H24FN3O2/c1-4-15-5-7-16(8-6-15)13(2)23-20(26)12-22-17-9-10-18(21)19(11-17)24-14(3)25/h5-11,13,22H,4,12H2,1-3H3,(H,23,26)(H,24,25)/t13-/m0/s1. The Morgan fingerprint density at radius 2 is 1.81 bits per heavy atom. The SMILES string of the molecule is CCc1ccc([C@H](C)NC(=O)CNc2ccc(F)c(NC(C)=O)c2)cc1. The van der Waals surface area contributed by atoms with Gasteiger partial charge in [0.25, 0.3) is 0 Å². The number of nitrogens with one attached hydrogen (secondary N) is 3. The van der Waals surface area contributed by atoms with E-state index in [1.54, 1.807) is 0 Å². The van der Waals surface area contributed by atoms with Crippen molar-refractivity contribution in [3.8, 4) is 0 Å². The summed E-state index contributed by atoms with van der Waals surface area (Å²) < 4.78 is 13.6. The molecule has 2 rings (SSSR count). The molecular formula is C20H24FN3O2. The third-order valence-electron chi connectivity index (χ3n) is 4.00. The third-order valence-corrected chi connectivity index (χ3v) is 4.00. The predicted molar refractivity (Wildman–Crippen MR) is 102 cm³/mol. The van der Waals surface area contributed by atoms with Crippen LogP contribution in [0.25, 0.3) is 0 Å². The zero-order chi connectivity index (χ0) is 19.1. The number of benzene rings is 2. The molecule has 0 saturated heterocycles. The minimum atomic E-state index is -0.528. The van der Waals surface area contributed by atoms with Crippen LogP contribution in [0.4, 0.5) is 15.8 Å². The Morgan fingerprint density at radius 1 is 1.12 bits per heavy atom. The first-order valence-corrected chi connectivity index (χ1v) is 8.58. The maximum absolute atomic E-state index is 13.6. The molecule has 26 heavy (non-hydrogen) atoms. The molecule has 0 aliphatic rings. The summed E-state index contributed by atoms with van der Waals surface area (Å²) in [6, 6.07) is 12.2. The third kappa shape index (κ3) is 5.58. The molecule has 3 N–H and O–H groups in total. The quantitative estimate of drug-likeness (QED) is 0.709. The lowest BCUT2D eigenvalue weighted by molar-refractivity contribution is -0.120. The zero-order valence-electron chi connectivity index (χ0n) is 15.2. The number of hydrogen-bond acceptors (Lipinski definition) is 3. The highest BCUT2D eigenvalue weighted by molar-refractivity contribution is 5.89. The van der Waals surface area contributed by atoms with Crippen molar-refractivity contribution in [3.63, 3.8) is 0 Å². The van der Waals surface area contributed by atoms with Gasteiger partial charge in [0, 0.05) is 12.6 Å². The van der Waals surface area contributed by atoms with E-state index in [0.29, 0.717) is 5.69 Å². The van der Waals surface area contributed by atoms with Crippen molar-refractivity contribution in [2.24, 2.45) is 0 Å². The minimum Gasteiger partial charge on any atom is -0.376 e. The number of amides is 2. The van der Waals surface area contributed by atoms with Crippen LogP contribution in [0.3, 0.4) is 0 Å². The zero-order valence-corrected chi connectivity index (χ0v) is 15.2. The molecule has 0 heterocycles. The summed E-state index contributed by atoms with van der Waals surface area (Å²) in [6.07, 6.45) is 0.975. The molecule has 5 nitrogen and oxygen atoms in total. The normalized spacial score (nSPS) is 11.5. The van der Waals surface area contributed by atoms with Gasteiger partial charge in [-0.25, -0.2) is 4.39 Å². The summed E-state index contributed by atoms with van der Waals surface area (Å²) in [7, 11) is 0. The van der Waals surface area contributed by atoms with Crippen molar-refractivity contribution >= 4 is 23.2 Å². The van der Waals surface area contributed by atoms with Crippen LogP contribution in [-0.2, 0) is 16.0 Å². The molecule has 0 aliphatic carbocycles. The monoisotopic (exact) mass is 357 g/mol. The van der Waals surface area contributed by atoms with Crippen LogP contribution >= 0.6 is 0 Å². The minimum absolute atomic E-state index is 0.0442. The number of rotatable bonds is 7. The van der Waals surface area contributed by atoms with Gasteiger partial charge >= 0.3 is 0 Å². The highest BCUT2D eigenvalue weighted by Crippen LogP contribution is 2.19. The van der Waals surface area contributed by atoms with Gasteiger partial charge in [-0.1, -0.05) is 31.2 Å². The second kappa shape index (κ2) is 8.99. The number of halogens is 1. The summed E-state index contributed by atoms with van der Waals surface area (Å²) in [4.78, 5) is 23.2. The van der Waals surface area contributed by atoms with Crippen molar-refractivity contribution < 1.29 is 14.0 Å². The van der Waals surface area contributed by atoms with E-state index >= 15 is 0 Å². The number of carbonyl (C=O) groups is 2. The van der Waals surface area contributed by atoms with Crippen LogP contribution in [0.1, 0.15) is 37.9 Å². The van der Waals surface area contributed by atoms with E-state index < -0.39 is 5.82 Å². The number of carbonyl (C=O) groups excluding carboxylic acids is 2. The van der Waals surface area contributed by atoms with Gasteiger partial charge in [-0.3, -0.25) is 9.59 Å². The lowest BCUT2D eigenvalue weighted by Gasteiger charge is -2.16. The maximum atomic E-state index is 13.6. The van der Waals surface area contributed by atoms with Gasteiger partial charge in [-0.2, -0.15) is 0 Å². The second-order valence-electron chi connectivity index (χ2n) is 6.11. The molecule has 1 atom stereocenters. The van der Waals surface area contributed by atoms with Gasteiger partial charge < -0.3 is 16.0 Å². The highest BCUT2D eigenvalue weighted by Gasteiger charge is 2.10. The molecule has 2 aromatic carbocycles. The fraction of sp³-hybridized carbons (Fsp3) is 0.300. The van der Waals surface area contributed by atoms with E-state index in [4.69, 9.17) is 0 Å². The largest absolute Gasteiger partial charge is 0.376 e. The molecule has 0 saturated carbocycles. The van der Waals surface area contributed by atoms with Crippen molar-refractivity contribution in [2.45, 2.75) is 33.2 Å². The Labute approximate surface area is 153 Å². The molecular weight excluding hydrogens is 333 g/mol. The number of aryl methyl sites for hydroxylation is 1. The maximum Gasteiger partial charge on any atom is 0.239 e. The van der Waals surface area contributed by atoms with E-state index in [1.807, 2.05) is 19.1 Å². The fourth-order valence-electron chi connectivity index (χ4n) is 2.52. The molecule has 0 unspecified atom stereocenters. The Balaban J connectivity index is 1.90. The lowest BCUT2D eigenvalue weighted by Crippen LogP contribution is -2.32. The van der Waals surface area contributed by atoms with Crippen molar-refractivity contribution in [1.82, 2.24) is 5.32 Å². The van der Waals surface area contributed by atoms with E-state index in [0.717, 1.165) is 12.0 Å². The van der Waals surface area contributed by atoms with Crippen molar-refractivity contribution in [3.05, 3.63) is 59.4 Å². The first kappa shape index (κ1) is 19.4. The van der Waals surface area contributed by atoms with Crippen molar-refractivity contribution in [1.29, 1.82) is 0 Å². The summed E-state index contributed by atoms with van der Waals surface area (Å²) in [5.74, 6) is -1.07. The topological polar surface area (TPSA) is 70.2 Å². The number of hydrogen-bond donors (Lipinski definition) is 3. The molecule has 2 aromatic rings. The average molecular weight is 357 g/mol. The molecule has 0 spiro atoms. The smallest absolute Gasteiger partial charge is 0.239 e. The highest BCUT2D eigenvalue weighted by atomic mass is 19.1. The molecule has 0 aromatic heterocycles. The molecule has 2 amide bonds. The van der Waals surface area contributed by atoms with Gasteiger partial charge in [-0.15, -0.1) is 0 Å². The first-order valence-electron chi connectivity index (χ1n) is 8.58. The van der Waals surface area contributed by atoms with Crippen LogP contribution in [-0.4, -0.2) is 18.4 Å². The average Bonchev–Trinajstić information content (AvgIpc) is 2.62. The summed E-state index contributed by atoms with van der Waals surface area (Å²) in [5.41, 5.74) is 2.91. The van der Waals surface area contributed by atoms with E-state index in [9.17, 15) is 14.0 Å². The van der Waals surface area contributed by atoms with Gasteiger partial charge in [-0.05, 0) is 42.7 Å². The Kier molecular flexibility index (Phi) is 6.72. The van der Waals surface area contributed by atoms with Crippen molar-refractivity contribution in [2.75, 3.05) is 17.2 Å². The fourth-order valence-corrected chi connectivity index (χ4v) is 2.52. The summed E-state index contributed by atoms with van der Waals surface area (Å²) in [5, 5.41) is 8.26. The van der Waals surface area contributed by atoms with E-state index in [2.05, 4.69) is 35.0 Å². The summed E-state index contributed by atoms with van der Waals surface area (Å²) >= 11 is 0.